The highest BCUT2D eigenvalue weighted by atomic mass is 32.2. The van der Waals surface area contributed by atoms with Crippen LogP contribution in [0.5, 0.6) is 0 Å². The molecular weight excluding hydrogens is 516 g/mol. The molecule has 0 aliphatic heterocycles. The van der Waals surface area contributed by atoms with Gasteiger partial charge in [-0.25, -0.2) is 5.43 Å². The van der Waals surface area contributed by atoms with Crippen LogP contribution in [0.2, 0.25) is 0 Å². The summed E-state index contributed by atoms with van der Waals surface area (Å²) < 4.78 is 4.29. The van der Waals surface area contributed by atoms with Crippen molar-refractivity contribution in [1.82, 2.24) is 24.8 Å². The average Bonchev–Trinajstić information content (AvgIpc) is 3.56. The molecule has 198 valence electrons. The Hall–Kier alpha value is -4.69. The monoisotopic (exact) mass is 544 g/mol. The molecule has 4 aromatic carbocycles. The van der Waals surface area contributed by atoms with Gasteiger partial charge in [0.15, 0.2) is 11.0 Å². The molecule has 0 saturated heterocycles. The zero-order valence-corrected chi connectivity index (χ0v) is 23.1. The van der Waals surface area contributed by atoms with Crippen molar-refractivity contribution in [2.75, 3.05) is 5.75 Å². The van der Waals surface area contributed by atoms with Crippen LogP contribution in [0.3, 0.4) is 0 Å². The topological polar surface area (TPSA) is 77.1 Å². The van der Waals surface area contributed by atoms with Gasteiger partial charge in [0.05, 0.1) is 12.0 Å². The zero-order valence-electron chi connectivity index (χ0n) is 22.3. The number of carbonyl (C=O) groups is 1. The SMILES string of the molecule is CCn1c2ccccc2c2cc(/C=N/NC(=O)CSc3nnc(-c4ccccc4)n3-c3ccc(C)cc3)ccc21. The summed E-state index contributed by atoms with van der Waals surface area (Å²) in [5.74, 6) is 0.661. The molecule has 1 amide bonds. The zero-order chi connectivity index (χ0) is 27.5. The van der Waals surface area contributed by atoms with Crippen LogP contribution in [-0.4, -0.2) is 37.2 Å². The van der Waals surface area contributed by atoms with Gasteiger partial charge in [-0.1, -0.05) is 84.1 Å². The molecule has 2 aromatic heterocycles. The molecule has 0 atom stereocenters. The van der Waals surface area contributed by atoms with Crippen molar-refractivity contribution in [3.8, 4) is 17.1 Å². The molecule has 0 bridgehead atoms. The lowest BCUT2D eigenvalue weighted by molar-refractivity contribution is -0.118. The van der Waals surface area contributed by atoms with Crippen LogP contribution >= 0.6 is 11.8 Å². The fourth-order valence-corrected chi connectivity index (χ4v) is 5.64. The highest BCUT2D eigenvalue weighted by Crippen LogP contribution is 2.30. The minimum absolute atomic E-state index is 0.152. The van der Waals surface area contributed by atoms with E-state index < -0.39 is 0 Å². The number of carbonyl (C=O) groups excluding carboxylic acids is 1. The van der Waals surface area contributed by atoms with Gasteiger partial charge in [0.1, 0.15) is 0 Å². The fourth-order valence-electron chi connectivity index (χ4n) is 4.90. The van der Waals surface area contributed by atoms with Crippen molar-refractivity contribution in [2.24, 2.45) is 5.10 Å². The summed E-state index contributed by atoms with van der Waals surface area (Å²) in [7, 11) is 0. The minimum Gasteiger partial charge on any atom is -0.341 e. The van der Waals surface area contributed by atoms with Gasteiger partial charge < -0.3 is 4.57 Å². The van der Waals surface area contributed by atoms with Crippen molar-refractivity contribution in [1.29, 1.82) is 0 Å². The summed E-state index contributed by atoms with van der Waals surface area (Å²) in [6.07, 6.45) is 1.68. The lowest BCUT2D eigenvalue weighted by Gasteiger charge is -2.10. The second-order valence-electron chi connectivity index (χ2n) is 9.46. The van der Waals surface area contributed by atoms with Crippen molar-refractivity contribution in [3.05, 3.63) is 108 Å². The number of aryl methyl sites for hydroxylation is 2. The van der Waals surface area contributed by atoms with Crippen molar-refractivity contribution >= 4 is 45.7 Å². The van der Waals surface area contributed by atoms with E-state index in [9.17, 15) is 4.79 Å². The molecule has 6 rings (SSSR count). The largest absolute Gasteiger partial charge is 0.341 e. The average molecular weight is 545 g/mol. The molecule has 0 spiro atoms. The van der Waals surface area contributed by atoms with Gasteiger partial charge in [0.2, 0.25) is 0 Å². The number of thioether (sulfide) groups is 1. The number of nitrogens with zero attached hydrogens (tertiary/aromatic N) is 5. The van der Waals surface area contributed by atoms with Crippen LogP contribution in [0.4, 0.5) is 0 Å². The molecule has 40 heavy (non-hydrogen) atoms. The molecule has 6 aromatic rings. The van der Waals surface area contributed by atoms with E-state index in [4.69, 9.17) is 0 Å². The molecule has 0 unspecified atom stereocenters. The van der Waals surface area contributed by atoms with E-state index in [1.807, 2.05) is 53.1 Å². The molecular formula is C32H28N6OS. The first-order valence-electron chi connectivity index (χ1n) is 13.2. The molecule has 0 radical (unpaired) electrons. The molecule has 1 N–H and O–H groups in total. The van der Waals surface area contributed by atoms with Crippen LogP contribution in [0.15, 0.2) is 107 Å². The maximum atomic E-state index is 12.7. The number of amides is 1. The maximum Gasteiger partial charge on any atom is 0.250 e. The van der Waals surface area contributed by atoms with Crippen molar-refractivity contribution in [3.63, 3.8) is 0 Å². The third-order valence-corrected chi connectivity index (χ3v) is 7.73. The Morgan fingerprint density at radius 2 is 1.65 bits per heavy atom. The second-order valence-corrected chi connectivity index (χ2v) is 10.4. The van der Waals surface area contributed by atoms with Gasteiger partial charge in [-0.15, -0.1) is 10.2 Å². The highest BCUT2D eigenvalue weighted by molar-refractivity contribution is 7.99. The van der Waals surface area contributed by atoms with E-state index in [2.05, 4.69) is 87.7 Å². The highest BCUT2D eigenvalue weighted by Gasteiger charge is 2.17. The summed E-state index contributed by atoms with van der Waals surface area (Å²) in [4.78, 5) is 12.7. The number of hydrazone groups is 1. The predicted molar refractivity (Wildman–Crippen MR) is 163 cm³/mol. The molecule has 7 nitrogen and oxygen atoms in total. The number of fused-ring (bicyclic) bond motifs is 3. The number of hydrogen-bond acceptors (Lipinski definition) is 5. The summed E-state index contributed by atoms with van der Waals surface area (Å²) >= 11 is 1.33. The third-order valence-electron chi connectivity index (χ3n) is 6.81. The van der Waals surface area contributed by atoms with Crippen LogP contribution in [-0.2, 0) is 11.3 Å². The first kappa shape index (κ1) is 25.6. The smallest absolute Gasteiger partial charge is 0.250 e. The van der Waals surface area contributed by atoms with Gasteiger partial charge in [-0.05, 0) is 49.7 Å². The Balaban J connectivity index is 1.17. The summed E-state index contributed by atoms with van der Waals surface area (Å²) in [5.41, 5.74) is 9.04. The number of benzene rings is 4. The first-order chi connectivity index (χ1) is 19.6. The third kappa shape index (κ3) is 5.01. The van der Waals surface area contributed by atoms with Crippen LogP contribution in [0.25, 0.3) is 38.9 Å². The van der Waals surface area contributed by atoms with Crippen molar-refractivity contribution in [2.45, 2.75) is 25.5 Å². The lowest BCUT2D eigenvalue weighted by Crippen LogP contribution is -2.20. The summed E-state index contributed by atoms with van der Waals surface area (Å²) in [6, 6.07) is 32.8. The minimum atomic E-state index is -0.218. The predicted octanol–water partition coefficient (Wildman–Crippen LogP) is 6.61. The Kier molecular flexibility index (Phi) is 7.16. The van der Waals surface area contributed by atoms with Crippen LogP contribution in [0.1, 0.15) is 18.1 Å². The molecule has 8 heteroatoms. The fraction of sp³-hybridized carbons (Fsp3) is 0.125. The van der Waals surface area contributed by atoms with E-state index in [0.29, 0.717) is 5.16 Å². The number of hydrogen-bond donors (Lipinski definition) is 1. The molecule has 0 fully saturated rings. The summed E-state index contributed by atoms with van der Waals surface area (Å²) in [6.45, 7) is 5.10. The van der Waals surface area contributed by atoms with Gasteiger partial charge >= 0.3 is 0 Å². The maximum absolute atomic E-state index is 12.7. The Morgan fingerprint density at radius 1 is 0.900 bits per heavy atom. The normalized spacial score (nSPS) is 11.6. The number of para-hydroxylation sites is 1. The standard InChI is InChI=1S/C32H28N6OS/c1-3-37-28-12-8-7-11-26(28)27-19-23(15-18-29(27)37)20-33-34-30(39)21-40-32-36-35-31(24-9-5-4-6-10-24)38(32)25-16-13-22(2)14-17-25/h4-20H,3,21H2,1-2H3,(H,34,39)/b33-20+. The van der Waals surface area contributed by atoms with Crippen LogP contribution in [0, 0.1) is 6.92 Å². The van der Waals surface area contributed by atoms with Gasteiger partial charge in [-0.2, -0.15) is 5.10 Å². The van der Waals surface area contributed by atoms with Crippen molar-refractivity contribution < 1.29 is 4.79 Å². The lowest BCUT2D eigenvalue weighted by atomic mass is 10.1. The molecule has 0 aliphatic carbocycles. The molecule has 0 aliphatic rings. The van der Waals surface area contributed by atoms with E-state index in [1.165, 1.54) is 39.1 Å². The Labute approximate surface area is 236 Å². The number of aromatic nitrogens is 4. The number of nitrogens with one attached hydrogen (secondary N) is 1. The Morgan fingerprint density at radius 3 is 2.45 bits per heavy atom. The van der Waals surface area contributed by atoms with E-state index in [1.54, 1.807) is 6.21 Å². The van der Waals surface area contributed by atoms with Gasteiger partial charge in [0.25, 0.3) is 5.91 Å². The van der Waals surface area contributed by atoms with E-state index >= 15 is 0 Å². The van der Waals surface area contributed by atoms with Gasteiger partial charge in [-0.3, -0.25) is 9.36 Å². The van der Waals surface area contributed by atoms with E-state index in [0.717, 1.165) is 29.2 Å². The second kappa shape index (κ2) is 11.2. The summed E-state index contributed by atoms with van der Waals surface area (Å²) in [5, 5.41) is 16.1. The number of rotatable bonds is 8. The quantitative estimate of drug-likeness (QED) is 0.133. The first-order valence-corrected chi connectivity index (χ1v) is 14.1. The molecule has 0 saturated carbocycles. The Bertz CT molecular complexity index is 1840. The van der Waals surface area contributed by atoms with Gasteiger partial charge in [0, 0.05) is 39.6 Å². The van der Waals surface area contributed by atoms with E-state index in [-0.39, 0.29) is 11.7 Å². The van der Waals surface area contributed by atoms with Crippen LogP contribution < -0.4 is 5.43 Å². The molecule has 2 heterocycles.